The molecule has 5 rings (SSSR count). The van der Waals surface area contributed by atoms with Crippen LogP contribution in [0.2, 0.25) is 0 Å². The molecule has 3 aromatic rings. The molecule has 2 aromatic carbocycles. The third-order valence-corrected chi connectivity index (χ3v) is 6.00. The molecule has 0 atom stereocenters. The van der Waals surface area contributed by atoms with Crippen LogP contribution in [-0.2, 0) is 4.74 Å². The number of ether oxygens (including phenoxy) is 2. The van der Waals surface area contributed by atoms with E-state index < -0.39 is 18.0 Å². The van der Waals surface area contributed by atoms with Crippen LogP contribution in [0.1, 0.15) is 17.3 Å². The van der Waals surface area contributed by atoms with Crippen LogP contribution in [0.5, 0.6) is 5.75 Å². The first kappa shape index (κ1) is 23.0. The van der Waals surface area contributed by atoms with Crippen molar-refractivity contribution < 1.29 is 27.4 Å². The molecule has 1 fully saturated rings. The lowest BCUT2D eigenvalue weighted by molar-refractivity contribution is -0.274. The number of carbonyl (C=O) groups is 1. The Morgan fingerprint density at radius 3 is 2.51 bits per heavy atom. The van der Waals surface area contributed by atoms with Gasteiger partial charge in [-0.25, -0.2) is 4.98 Å². The molecule has 1 amide bonds. The molecule has 3 heterocycles. The van der Waals surface area contributed by atoms with Gasteiger partial charge in [0.1, 0.15) is 11.6 Å². The van der Waals surface area contributed by atoms with E-state index in [0.717, 1.165) is 30.0 Å². The first-order valence-electron chi connectivity index (χ1n) is 11.2. The number of hydrogen-bond acceptors (Lipinski definition) is 6. The zero-order valence-corrected chi connectivity index (χ0v) is 18.9. The van der Waals surface area contributed by atoms with E-state index in [-0.39, 0.29) is 5.69 Å². The molecule has 0 saturated carbocycles. The summed E-state index contributed by atoms with van der Waals surface area (Å²) in [4.78, 5) is 21.7. The number of nitrogens with zero attached hydrogens (tertiary/aromatic N) is 3. The largest absolute Gasteiger partial charge is 0.573 e. The van der Waals surface area contributed by atoms with Crippen LogP contribution in [0.4, 0.5) is 36.1 Å². The second-order valence-corrected chi connectivity index (χ2v) is 8.16. The average Bonchev–Trinajstić information content (AvgIpc) is 2.96. The van der Waals surface area contributed by atoms with Gasteiger partial charge in [-0.05, 0) is 54.4 Å². The molecule has 2 aliphatic rings. The highest BCUT2D eigenvalue weighted by molar-refractivity contribution is 6.13. The van der Waals surface area contributed by atoms with Crippen LogP contribution in [0.15, 0.2) is 54.7 Å². The monoisotopic (exact) mass is 484 g/mol. The van der Waals surface area contributed by atoms with Crippen LogP contribution in [0.3, 0.4) is 0 Å². The number of fused-ring (bicyclic) bond motifs is 2. The van der Waals surface area contributed by atoms with Crippen molar-refractivity contribution in [2.45, 2.75) is 13.3 Å². The maximum Gasteiger partial charge on any atom is 0.573 e. The van der Waals surface area contributed by atoms with Gasteiger partial charge in [-0.15, -0.1) is 13.2 Å². The van der Waals surface area contributed by atoms with Crippen molar-refractivity contribution in [3.05, 3.63) is 60.3 Å². The first-order valence-corrected chi connectivity index (χ1v) is 11.2. The second-order valence-electron chi connectivity index (χ2n) is 8.16. The van der Waals surface area contributed by atoms with Crippen LogP contribution in [0, 0.1) is 0 Å². The summed E-state index contributed by atoms with van der Waals surface area (Å²) in [6.45, 7) is 5.22. The van der Waals surface area contributed by atoms with Crippen molar-refractivity contribution in [1.29, 1.82) is 0 Å². The Morgan fingerprint density at radius 1 is 1.03 bits per heavy atom. The third-order valence-electron chi connectivity index (χ3n) is 6.00. The lowest BCUT2D eigenvalue weighted by atomic mass is 10.0. The normalized spacial score (nSPS) is 15.7. The van der Waals surface area contributed by atoms with Gasteiger partial charge in [-0.1, -0.05) is 6.07 Å². The van der Waals surface area contributed by atoms with E-state index in [2.05, 4.69) is 19.9 Å². The Hall–Kier alpha value is -3.79. The molecule has 182 valence electrons. The van der Waals surface area contributed by atoms with Crippen molar-refractivity contribution in [3.8, 4) is 16.9 Å². The molecule has 0 radical (unpaired) electrons. The van der Waals surface area contributed by atoms with E-state index in [1.807, 2.05) is 36.1 Å². The van der Waals surface area contributed by atoms with E-state index in [1.165, 1.54) is 18.2 Å². The van der Waals surface area contributed by atoms with E-state index in [0.29, 0.717) is 36.7 Å². The molecule has 0 unspecified atom stereocenters. The molecule has 1 N–H and O–H groups in total. The summed E-state index contributed by atoms with van der Waals surface area (Å²) in [7, 11) is 0. The Morgan fingerprint density at radius 2 is 1.77 bits per heavy atom. The van der Waals surface area contributed by atoms with Gasteiger partial charge in [0.2, 0.25) is 0 Å². The summed E-state index contributed by atoms with van der Waals surface area (Å²) in [5.74, 6) is 0.0299. The zero-order chi connectivity index (χ0) is 24.6. The van der Waals surface area contributed by atoms with Gasteiger partial charge in [0.25, 0.3) is 5.91 Å². The van der Waals surface area contributed by atoms with Gasteiger partial charge in [-0.2, -0.15) is 0 Å². The van der Waals surface area contributed by atoms with Gasteiger partial charge < -0.3 is 24.6 Å². The van der Waals surface area contributed by atoms with Gasteiger partial charge in [0.15, 0.2) is 0 Å². The van der Waals surface area contributed by atoms with Crippen molar-refractivity contribution in [2.75, 3.05) is 48.0 Å². The predicted octanol–water partition coefficient (Wildman–Crippen LogP) is 5.21. The number of alkyl halides is 3. The molecule has 1 saturated heterocycles. The Labute approximate surface area is 200 Å². The fourth-order valence-electron chi connectivity index (χ4n) is 4.40. The summed E-state index contributed by atoms with van der Waals surface area (Å²) < 4.78 is 47.6. The van der Waals surface area contributed by atoms with E-state index in [4.69, 9.17) is 4.74 Å². The number of pyridine rings is 1. The number of morpholine rings is 1. The first-order chi connectivity index (χ1) is 16.8. The molecule has 35 heavy (non-hydrogen) atoms. The van der Waals surface area contributed by atoms with Crippen molar-refractivity contribution >= 4 is 28.8 Å². The number of rotatable bonds is 4. The van der Waals surface area contributed by atoms with Gasteiger partial charge in [-0.3, -0.25) is 4.79 Å². The van der Waals surface area contributed by atoms with E-state index >= 15 is 0 Å². The molecule has 7 nitrogen and oxygen atoms in total. The number of nitrogens with one attached hydrogen (secondary N) is 1. The molecule has 2 aliphatic heterocycles. The summed E-state index contributed by atoms with van der Waals surface area (Å²) in [6, 6.07) is 13.4. The number of halogens is 3. The highest BCUT2D eigenvalue weighted by atomic mass is 19.4. The average molecular weight is 484 g/mol. The molecule has 0 aliphatic carbocycles. The van der Waals surface area contributed by atoms with Gasteiger partial charge >= 0.3 is 6.36 Å². The number of hydrogen-bond donors (Lipinski definition) is 1. The minimum atomic E-state index is -4.82. The summed E-state index contributed by atoms with van der Waals surface area (Å²) in [5, 5.41) is 2.75. The minimum Gasteiger partial charge on any atom is -0.406 e. The quantitative estimate of drug-likeness (QED) is 0.549. The Bertz CT molecular complexity index is 1260. The second kappa shape index (κ2) is 9.10. The number of anilines is 4. The Kier molecular flexibility index (Phi) is 5.98. The van der Waals surface area contributed by atoms with E-state index in [1.54, 1.807) is 12.3 Å². The number of amides is 1. The number of carbonyl (C=O) groups excluding carboxylic acids is 1. The number of benzene rings is 2. The topological polar surface area (TPSA) is 66.9 Å². The zero-order valence-electron chi connectivity index (χ0n) is 18.9. The summed E-state index contributed by atoms with van der Waals surface area (Å²) in [6.07, 6.45) is -3.09. The van der Waals surface area contributed by atoms with Crippen LogP contribution in [0.25, 0.3) is 11.1 Å². The molecular weight excluding hydrogens is 461 g/mol. The smallest absolute Gasteiger partial charge is 0.406 e. The Balaban J connectivity index is 1.50. The lowest BCUT2D eigenvalue weighted by Gasteiger charge is -2.28. The van der Waals surface area contributed by atoms with Crippen LogP contribution >= 0.6 is 0 Å². The maximum absolute atomic E-state index is 13.2. The SMILES string of the molecule is CCN1c2ccc(OC(F)(F)F)cc2NC(=O)c2cc(-c3ccnc(N4CCOCC4)c3)ccc21. The number of aromatic nitrogens is 1. The minimum absolute atomic E-state index is 0.245. The van der Waals surface area contributed by atoms with Crippen molar-refractivity contribution in [1.82, 2.24) is 4.98 Å². The molecular formula is C25H23F3N4O3. The van der Waals surface area contributed by atoms with Crippen LogP contribution < -0.4 is 19.9 Å². The molecule has 0 spiro atoms. The fourth-order valence-corrected chi connectivity index (χ4v) is 4.40. The predicted molar refractivity (Wildman–Crippen MR) is 126 cm³/mol. The van der Waals surface area contributed by atoms with Gasteiger partial charge in [0, 0.05) is 31.9 Å². The fraction of sp³-hybridized carbons (Fsp3) is 0.280. The van der Waals surface area contributed by atoms with Gasteiger partial charge in [0.05, 0.1) is 35.8 Å². The molecule has 0 bridgehead atoms. The highest BCUT2D eigenvalue weighted by Crippen LogP contribution is 2.41. The molecule has 10 heteroatoms. The highest BCUT2D eigenvalue weighted by Gasteiger charge is 2.32. The van der Waals surface area contributed by atoms with Crippen LogP contribution in [-0.4, -0.2) is 50.1 Å². The maximum atomic E-state index is 13.2. The van der Waals surface area contributed by atoms with Crippen molar-refractivity contribution in [2.24, 2.45) is 0 Å². The standard InChI is InChI=1S/C25H23F3N4O3/c1-2-32-21-5-3-16(17-7-8-29-23(14-17)31-9-11-34-12-10-31)13-19(21)24(33)30-20-15-18(4-6-22(20)32)35-25(26,27)28/h3-8,13-15H,2,9-12H2,1H3,(H,30,33). The lowest BCUT2D eigenvalue weighted by Crippen LogP contribution is -2.36. The van der Waals surface area contributed by atoms with Crippen molar-refractivity contribution in [3.63, 3.8) is 0 Å². The third kappa shape index (κ3) is 4.74. The van der Waals surface area contributed by atoms with E-state index in [9.17, 15) is 18.0 Å². The summed E-state index contributed by atoms with van der Waals surface area (Å²) in [5.41, 5.74) is 3.65. The molecule has 1 aromatic heterocycles. The summed E-state index contributed by atoms with van der Waals surface area (Å²) >= 11 is 0.